The molecule has 1 aliphatic heterocycles. The first kappa shape index (κ1) is 23.6. The third kappa shape index (κ3) is 4.04. The number of fused-ring (bicyclic) bond motifs is 3. The number of allylic oxidation sites excluding steroid dienone is 1. The van der Waals surface area contributed by atoms with Crippen LogP contribution in [0, 0.1) is 0 Å². The van der Waals surface area contributed by atoms with E-state index < -0.39 is 0 Å². The normalized spacial score (nSPS) is 16.3. The maximum absolute atomic E-state index is 13.9. The molecule has 1 aliphatic carbocycles. The van der Waals surface area contributed by atoms with Crippen LogP contribution in [0.5, 0.6) is 0 Å². The molecule has 0 spiro atoms. The summed E-state index contributed by atoms with van der Waals surface area (Å²) in [5.41, 5.74) is 7.18. The third-order valence-corrected chi connectivity index (χ3v) is 8.45. The molecule has 6 heteroatoms. The van der Waals surface area contributed by atoms with Crippen LogP contribution in [-0.2, 0) is 6.42 Å². The average molecular weight is 529 g/mol. The fourth-order valence-corrected chi connectivity index (χ4v) is 6.52. The number of rotatable bonds is 4. The van der Waals surface area contributed by atoms with E-state index >= 15 is 0 Å². The molecule has 0 amide bonds. The molecule has 39 heavy (non-hydrogen) atoms. The minimum Gasteiger partial charge on any atom is -0.457 e. The summed E-state index contributed by atoms with van der Waals surface area (Å²) in [5, 5.41) is 0. The molecule has 1 unspecified atom stereocenters. The number of hydrogen-bond acceptors (Lipinski definition) is 5. The molecule has 0 N–H and O–H groups in total. The van der Waals surface area contributed by atoms with Crippen molar-refractivity contribution in [2.24, 2.45) is 4.99 Å². The zero-order valence-electron chi connectivity index (χ0n) is 21.3. The molecule has 0 bridgehead atoms. The van der Waals surface area contributed by atoms with Crippen LogP contribution in [0.3, 0.4) is 0 Å². The van der Waals surface area contributed by atoms with Gasteiger partial charge in [0.25, 0.3) is 5.56 Å². The Morgan fingerprint density at radius 3 is 2.51 bits per heavy atom. The highest BCUT2D eigenvalue weighted by Crippen LogP contribution is 2.41. The molecule has 0 saturated carbocycles. The Morgan fingerprint density at radius 1 is 0.949 bits per heavy atom. The number of furan rings is 1. The van der Waals surface area contributed by atoms with Crippen LogP contribution in [0.4, 0.5) is 0 Å². The van der Waals surface area contributed by atoms with E-state index in [1.807, 2.05) is 47.0 Å². The van der Waals surface area contributed by atoms with Gasteiger partial charge >= 0.3 is 0 Å². The van der Waals surface area contributed by atoms with Crippen LogP contribution in [0.1, 0.15) is 52.2 Å². The van der Waals surface area contributed by atoms with E-state index in [4.69, 9.17) is 9.41 Å². The van der Waals surface area contributed by atoms with Crippen LogP contribution in [-0.4, -0.2) is 10.4 Å². The van der Waals surface area contributed by atoms with Gasteiger partial charge in [0, 0.05) is 22.8 Å². The minimum absolute atomic E-state index is 0.0241. The lowest BCUT2D eigenvalue weighted by molar-refractivity contribution is 0.101. The Kier molecular flexibility index (Phi) is 5.63. The lowest BCUT2D eigenvalue weighted by Gasteiger charge is -2.30. The average Bonchev–Trinajstić information content (AvgIpc) is 3.56. The van der Waals surface area contributed by atoms with Crippen molar-refractivity contribution in [3.8, 4) is 11.3 Å². The number of benzene rings is 3. The number of ketones is 1. The highest BCUT2D eigenvalue weighted by molar-refractivity contribution is 7.07. The highest BCUT2D eigenvalue weighted by atomic mass is 32.1. The van der Waals surface area contributed by atoms with Crippen molar-refractivity contribution < 1.29 is 9.21 Å². The van der Waals surface area contributed by atoms with Gasteiger partial charge in [-0.25, -0.2) is 4.99 Å². The summed E-state index contributed by atoms with van der Waals surface area (Å²) in [6.45, 7) is 1.55. The Labute approximate surface area is 228 Å². The fraction of sp³-hybridized carbons (Fsp3) is 0.121. The van der Waals surface area contributed by atoms with E-state index in [2.05, 4.69) is 36.4 Å². The lowest BCUT2D eigenvalue weighted by atomic mass is 9.83. The largest absolute Gasteiger partial charge is 0.457 e. The van der Waals surface area contributed by atoms with Crippen molar-refractivity contribution in [2.75, 3.05) is 0 Å². The van der Waals surface area contributed by atoms with Crippen molar-refractivity contribution in [1.82, 2.24) is 4.57 Å². The summed E-state index contributed by atoms with van der Waals surface area (Å²) in [4.78, 5) is 31.3. The monoisotopic (exact) mass is 528 g/mol. The van der Waals surface area contributed by atoms with Crippen LogP contribution in [0.25, 0.3) is 23.1 Å². The third-order valence-electron chi connectivity index (χ3n) is 7.46. The first-order valence-corrected chi connectivity index (χ1v) is 13.8. The van der Waals surface area contributed by atoms with Gasteiger partial charge in [0.1, 0.15) is 11.5 Å². The van der Waals surface area contributed by atoms with Crippen molar-refractivity contribution in [1.29, 1.82) is 0 Å². The molecule has 1 atom stereocenters. The summed E-state index contributed by atoms with van der Waals surface area (Å²) in [6.07, 6.45) is 3.60. The molecule has 190 valence electrons. The quantitative estimate of drug-likeness (QED) is 0.278. The molecule has 0 radical (unpaired) electrons. The molecular formula is C33H24N2O3S. The highest BCUT2D eigenvalue weighted by Gasteiger charge is 2.32. The summed E-state index contributed by atoms with van der Waals surface area (Å²) < 4.78 is 8.52. The van der Waals surface area contributed by atoms with E-state index in [1.54, 1.807) is 25.1 Å². The van der Waals surface area contributed by atoms with Crippen LogP contribution in [0.2, 0.25) is 0 Å². The molecule has 5 aromatic rings. The van der Waals surface area contributed by atoms with E-state index in [1.165, 1.54) is 22.5 Å². The maximum Gasteiger partial charge on any atom is 0.271 e. The number of aromatic nitrogens is 1. The topological polar surface area (TPSA) is 64.6 Å². The maximum atomic E-state index is 13.9. The molecule has 2 aliphatic rings. The molecule has 3 aromatic carbocycles. The molecule has 7 rings (SSSR count). The number of aryl methyl sites for hydroxylation is 1. The number of nitrogens with zero attached hydrogens (tertiary/aromatic N) is 2. The minimum atomic E-state index is -0.195. The van der Waals surface area contributed by atoms with Gasteiger partial charge in [0.05, 0.1) is 16.3 Å². The van der Waals surface area contributed by atoms with Crippen molar-refractivity contribution >= 4 is 28.9 Å². The second-order valence-corrected chi connectivity index (χ2v) is 10.9. The molecule has 5 nitrogen and oxygen atoms in total. The van der Waals surface area contributed by atoms with Crippen LogP contribution >= 0.6 is 11.3 Å². The summed E-state index contributed by atoms with van der Waals surface area (Å²) in [5.74, 6) is 1.30. The number of hydrogen-bond donors (Lipinski definition) is 0. The Bertz CT molecular complexity index is 1960. The van der Waals surface area contributed by atoms with Crippen molar-refractivity contribution in [3.05, 3.63) is 144 Å². The second-order valence-electron chi connectivity index (χ2n) is 9.86. The summed E-state index contributed by atoms with van der Waals surface area (Å²) in [6, 6.07) is 29.5. The first-order valence-electron chi connectivity index (χ1n) is 13.0. The summed E-state index contributed by atoms with van der Waals surface area (Å²) >= 11 is 1.39. The Balaban J connectivity index is 1.35. The van der Waals surface area contributed by atoms with Crippen molar-refractivity contribution in [2.45, 2.75) is 25.8 Å². The molecule has 0 fully saturated rings. The van der Waals surface area contributed by atoms with Gasteiger partial charge in [-0.05, 0) is 48.6 Å². The van der Waals surface area contributed by atoms with Gasteiger partial charge in [0.15, 0.2) is 10.6 Å². The smallest absolute Gasteiger partial charge is 0.271 e. The first-order chi connectivity index (χ1) is 19.1. The van der Waals surface area contributed by atoms with E-state index in [-0.39, 0.29) is 17.4 Å². The fourth-order valence-electron chi connectivity index (χ4n) is 5.54. The van der Waals surface area contributed by atoms with E-state index in [9.17, 15) is 9.59 Å². The SMILES string of the molecule is CC(=O)c1ccc(-c2ccc(/C=c3\sc4n(c3=O)C(c3ccccc3)C3=C(N=4)c4ccccc4CC3)o2)cc1. The van der Waals surface area contributed by atoms with Gasteiger partial charge in [-0.3, -0.25) is 14.2 Å². The predicted molar refractivity (Wildman–Crippen MR) is 153 cm³/mol. The molecular weight excluding hydrogens is 504 g/mol. The van der Waals surface area contributed by atoms with Gasteiger partial charge in [-0.1, -0.05) is 90.2 Å². The molecule has 3 heterocycles. The second kappa shape index (κ2) is 9.33. The predicted octanol–water partition coefficient (Wildman–Crippen LogP) is 5.78. The van der Waals surface area contributed by atoms with E-state index in [0.29, 0.717) is 26.4 Å². The summed E-state index contributed by atoms with van der Waals surface area (Å²) in [7, 11) is 0. The lowest BCUT2D eigenvalue weighted by Crippen LogP contribution is -2.38. The Hall–Kier alpha value is -4.55. The van der Waals surface area contributed by atoms with E-state index in [0.717, 1.165) is 35.2 Å². The molecule has 0 saturated heterocycles. The van der Waals surface area contributed by atoms with Gasteiger partial charge < -0.3 is 4.42 Å². The van der Waals surface area contributed by atoms with Gasteiger partial charge in [0.2, 0.25) is 0 Å². The zero-order chi connectivity index (χ0) is 26.5. The number of thiazole rings is 1. The zero-order valence-corrected chi connectivity index (χ0v) is 22.1. The van der Waals surface area contributed by atoms with Gasteiger partial charge in [-0.15, -0.1) is 0 Å². The number of Topliss-reactive ketones (excluding diaryl/α,β-unsaturated/α-hetero) is 1. The Morgan fingerprint density at radius 2 is 1.72 bits per heavy atom. The van der Waals surface area contributed by atoms with Crippen LogP contribution in [0.15, 0.2) is 111 Å². The standard InChI is InChI=1S/C33H24N2O3S/c1-20(36)21-11-13-23(14-12-21)28-18-16-25(38-28)19-29-32(37)35-31(24-8-3-2-4-9-24)27-17-15-22-7-5-6-10-26(22)30(27)34-33(35)39-29/h2-14,16,18-19,31H,15,17H2,1H3/b29-19-. The number of carbonyl (C=O) groups excluding carboxylic acids is 1. The number of carbonyl (C=O) groups is 1. The van der Waals surface area contributed by atoms with Crippen LogP contribution < -0.4 is 14.9 Å². The molecule has 2 aromatic heterocycles. The van der Waals surface area contributed by atoms with Gasteiger partial charge in [-0.2, -0.15) is 0 Å². The van der Waals surface area contributed by atoms with Crippen molar-refractivity contribution in [3.63, 3.8) is 0 Å².